The second kappa shape index (κ2) is 7.43. The number of nitro benzene ring substituents is 2. The molecule has 3 rings (SSSR count). The number of carbonyl (C=O) groups is 1. The molecule has 0 N–H and O–H groups in total. The highest BCUT2D eigenvalue weighted by Crippen LogP contribution is 2.28. The van der Waals surface area contributed by atoms with Crippen LogP contribution in [0.2, 0.25) is 0 Å². The zero-order chi connectivity index (χ0) is 21.3. The fourth-order valence-electron chi connectivity index (χ4n) is 2.95. The van der Waals surface area contributed by atoms with Gasteiger partial charge in [-0.15, -0.1) is 0 Å². The van der Waals surface area contributed by atoms with E-state index in [1.54, 1.807) is 24.3 Å². The summed E-state index contributed by atoms with van der Waals surface area (Å²) in [5.41, 5.74) is -0.241. The van der Waals surface area contributed by atoms with Crippen LogP contribution in [0.25, 0.3) is 0 Å². The minimum absolute atomic E-state index is 0.288. The summed E-state index contributed by atoms with van der Waals surface area (Å²) in [4.78, 5) is 35.0. The molecule has 2 aromatic carbocycles. The lowest BCUT2D eigenvalue weighted by atomic mass is 10.1. The zero-order valence-electron chi connectivity index (χ0n) is 15.1. The van der Waals surface area contributed by atoms with Crippen molar-refractivity contribution in [3.05, 3.63) is 85.3 Å². The molecule has 150 valence electrons. The molecule has 0 saturated heterocycles. The molecule has 0 unspecified atom stereocenters. The Labute approximate surface area is 165 Å². The minimum atomic E-state index is -3.51. The van der Waals surface area contributed by atoms with Gasteiger partial charge in [-0.2, -0.15) is 0 Å². The summed E-state index contributed by atoms with van der Waals surface area (Å²) in [6, 6.07) is 8.43. The average Bonchev–Trinajstić information content (AvgIpc) is 3.02. The highest BCUT2D eigenvalue weighted by atomic mass is 32.2. The van der Waals surface area contributed by atoms with Crippen molar-refractivity contribution in [2.75, 3.05) is 10.7 Å². The maximum Gasteiger partial charge on any atom is 0.277 e. The molecule has 29 heavy (non-hydrogen) atoms. The number of nitrogens with zero attached hydrogens (tertiary/aromatic N) is 3. The molecule has 0 aliphatic carbocycles. The number of rotatable bonds is 5. The minimum Gasteiger partial charge on any atom is -0.300 e. The van der Waals surface area contributed by atoms with E-state index >= 15 is 0 Å². The lowest BCUT2D eigenvalue weighted by Crippen LogP contribution is -2.41. The summed E-state index contributed by atoms with van der Waals surface area (Å²) in [5.74, 6) is -1.14. The van der Waals surface area contributed by atoms with Gasteiger partial charge in [0, 0.05) is 23.2 Å². The van der Waals surface area contributed by atoms with E-state index < -0.39 is 43.0 Å². The molecule has 1 aliphatic rings. The van der Waals surface area contributed by atoms with Crippen molar-refractivity contribution in [1.82, 2.24) is 0 Å². The first kappa shape index (κ1) is 20.1. The first-order valence-electron chi connectivity index (χ1n) is 8.32. The number of nitro groups is 2. The van der Waals surface area contributed by atoms with Crippen LogP contribution in [0.1, 0.15) is 15.9 Å². The molecule has 11 heteroatoms. The summed E-state index contributed by atoms with van der Waals surface area (Å²) < 4.78 is 23.7. The molecule has 1 aliphatic heterocycles. The smallest absolute Gasteiger partial charge is 0.277 e. The summed E-state index contributed by atoms with van der Waals surface area (Å²) >= 11 is 0. The molecule has 1 amide bonds. The lowest BCUT2D eigenvalue weighted by molar-refractivity contribution is -0.394. The third-order valence-electron chi connectivity index (χ3n) is 4.34. The number of sulfone groups is 1. The fourth-order valence-corrected chi connectivity index (χ4v) is 4.22. The first-order valence-corrected chi connectivity index (χ1v) is 10.0. The van der Waals surface area contributed by atoms with Gasteiger partial charge in [-0.05, 0) is 25.1 Å². The van der Waals surface area contributed by atoms with E-state index in [0.717, 1.165) is 29.2 Å². The Kier molecular flexibility index (Phi) is 5.16. The maximum absolute atomic E-state index is 13.2. The monoisotopic (exact) mass is 417 g/mol. The van der Waals surface area contributed by atoms with Crippen molar-refractivity contribution >= 4 is 32.8 Å². The SMILES string of the molecule is Cc1ccc(N(C(=O)c2cc([N+](=O)[O-])cc([N+](=O)[O-])c2)[C@H]2C=CS(=O)(=O)C2)cc1. The molecular formula is C18H15N3O7S. The topological polar surface area (TPSA) is 141 Å². The van der Waals surface area contributed by atoms with E-state index in [1.165, 1.54) is 11.0 Å². The van der Waals surface area contributed by atoms with Crippen LogP contribution in [0.15, 0.2) is 53.9 Å². The van der Waals surface area contributed by atoms with Gasteiger partial charge in [-0.25, -0.2) is 8.42 Å². The average molecular weight is 417 g/mol. The molecule has 0 aromatic heterocycles. The second-order valence-electron chi connectivity index (χ2n) is 6.49. The van der Waals surface area contributed by atoms with E-state index in [9.17, 15) is 33.4 Å². The van der Waals surface area contributed by atoms with Crippen LogP contribution in [0, 0.1) is 27.2 Å². The number of carbonyl (C=O) groups excluding carboxylic acids is 1. The number of non-ortho nitro benzene ring substituents is 2. The van der Waals surface area contributed by atoms with Crippen LogP contribution in [-0.4, -0.2) is 36.0 Å². The fraction of sp³-hybridized carbons (Fsp3) is 0.167. The van der Waals surface area contributed by atoms with Crippen LogP contribution in [0.3, 0.4) is 0 Å². The quantitative estimate of drug-likeness (QED) is 0.538. The number of benzene rings is 2. The predicted octanol–water partition coefficient (Wildman–Crippen LogP) is 2.77. The van der Waals surface area contributed by atoms with Gasteiger partial charge in [0.15, 0.2) is 9.84 Å². The molecular weight excluding hydrogens is 402 g/mol. The highest BCUT2D eigenvalue weighted by molar-refractivity contribution is 7.94. The van der Waals surface area contributed by atoms with Crippen molar-refractivity contribution in [3.63, 3.8) is 0 Å². The van der Waals surface area contributed by atoms with Gasteiger partial charge < -0.3 is 4.90 Å². The van der Waals surface area contributed by atoms with Crippen molar-refractivity contribution < 1.29 is 23.1 Å². The molecule has 0 fully saturated rings. The highest BCUT2D eigenvalue weighted by Gasteiger charge is 2.33. The Balaban J connectivity index is 2.12. The normalized spacial score (nSPS) is 17.1. The third-order valence-corrected chi connectivity index (χ3v) is 5.72. The predicted molar refractivity (Wildman–Crippen MR) is 104 cm³/mol. The van der Waals surface area contributed by atoms with Gasteiger partial charge >= 0.3 is 0 Å². The standard InChI is InChI=1S/C18H15N3O7S/c1-12-2-4-14(5-3-12)19(15-6-7-29(27,28)11-15)18(22)13-8-16(20(23)24)10-17(9-13)21(25)26/h2-10,15H,11H2,1H3/t15-/m0/s1. The molecule has 0 radical (unpaired) electrons. The van der Waals surface area contributed by atoms with Crippen molar-refractivity contribution in [2.45, 2.75) is 13.0 Å². The van der Waals surface area contributed by atoms with E-state index in [0.29, 0.717) is 5.69 Å². The van der Waals surface area contributed by atoms with Gasteiger partial charge in [0.05, 0.1) is 33.3 Å². The zero-order valence-corrected chi connectivity index (χ0v) is 15.9. The Hall–Kier alpha value is -3.60. The maximum atomic E-state index is 13.2. The van der Waals surface area contributed by atoms with Crippen LogP contribution in [-0.2, 0) is 9.84 Å². The number of aryl methyl sites for hydroxylation is 1. The van der Waals surface area contributed by atoms with Gasteiger partial charge in [-0.1, -0.05) is 17.7 Å². The Morgan fingerprint density at radius 3 is 2.03 bits per heavy atom. The van der Waals surface area contributed by atoms with Crippen LogP contribution in [0.5, 0.6) is 0 Å². The molecule has 0 spiro atoms. The Morgan fingerprint density at radius 1 is 1.03 bits per heavy atom. The Bertz CT molecular complexity index is 1110. The summed E-state index contributed by atoms with van der Waals surface area (Å²) in [6.45, 7) is 1.83. The van der Waals surface area contributed by atoms with Crippen molar-refractivity contribution in [2.24, 2.45) is 0 Å². The van der Waals surface area contributed by atoms with Crippen LogP contribution >= 0.6 is 0 Å². The van der Waals surface area contributed by atoms with Crippen molar-refractivity contribution in [1.29, 1.82) is 0 Å². The number of hydrogen-bond acceptors (Lipinski definition) is 7. The first-order chi connectivity index (χ1) is 13.6. The van der Waals surface area contributed by atoms with Gasteiger partial charge in [0.25, 0.3) is 17.3 Å². The molecule has 2 aromatic rings. The van der Waals surface area contributed by atoms with E-state index in [4.69, 9.17) is 0 Å². The summed E-state index contributed by atoms with van der Waals surface area (Å²) in [6.07, 6.45) is 1.35. The number of anilines is 1. The largest absolute Gasteiger partial charge is 0.300 e. The third kappa shape index (κ3) is 4.29. The van der Waals surface area contributed by atoms with E-state index in [1.807, 2.05) is 6.92 Å². The van der Waals surface area contributed by atoms with Crippen LogP contribution < -0.4 is 4.90 Å². The molecule has 10 nitrogen and oxygen atoms in total. The lowest BCUT2D eigenvalue weighted by Gasteiger charge is -2.28. The second-order valence-corrected chi connectivity index (χ2v) is 8.42. The molecule has 0 saturated carbocycles. The van der Waals surface area contributed by atoms with E-state index in [-0.39, 0.29) is 11.3 Å². The van der Waals surface area contributed by atoms with Gasteiger partial charge in [-0.3, -0.25) is 25.0 Å². The number of hydrogen-bond donors (Lipinski definition) is 0. The van der Waals surface area contributed by atoms with Gasteiger partial charge in [0.2, 0.25) is 0 Å². The summed E-state index contributed by atoms with van der Waals surface area (Å²) in [7, 11) is -3.51. The number of amides is 1. The summed E-state index contributed by atoms with van der Waals surface area (Å²) in [5, 5.41) is 23.3. The van der Waals surface area contributed by atoms with E-state index in [2.05, 4.69) is 0 Å². The van der Waals surface area contributed by atoms with Gasteiger partial charge in [0.1, 0.15) is 0 Å². The molecule has 0 bridgehead atoms. The Morgan fingerprint density at radius 2 is 1.59 bits per heavy atom. The van der Waals surface area contributed by atoms with Crippen molar-refractivity contribution in [3.8, 4) is 0 Å². The van der Waals surface area contributed by atoms with Crippen LogP contribution in [0.4, 0.5) is 17.1 Å². The molecule has 1 atom stereocenters. The molecule has 1 heterocycles.